The highest BCUT2D eigenvalue weighted by atomic mass is 16.2. The zero-order valence-electron chi connectivity index (χ0n) is 15.8. The minimum Gasteiger partial charge on any atom is -0.339 e. The van der Waals surface area contributed by atoms with Crippen LogP contribution in [0, 0.1) is 0 Å². The molecular weight excluding hydrogens is 320 g/mol. The van der Waals surface area contributed by atoms with Gasteiger partial charge in [0.2, 0.25) is 5.91 Å². The van der Waals surface area contributed by atoms with Crippen LogP contribution in [-0.4, -0.2) is 48.4 Å². The van der Waals surface area contributed by atoms with E-state index < -0.39 is 0 Å². The molecule has 1 fully saturated rings. The van der Waals surface area contributed by atoms with Gasteiger partial charge in [-0.2, -0.15) is 0 Å². The summed E-state index contributed by atoms with van der Waals surface area (Å²) in [5.74, 6) is -0.00834. The van der Waals surface area contributed by atoms with Gasteiger partial charge in [0, 0.05) is 32.7 Å². The number of carbonyl (C=O) groups excluding carboxylic acids is 1. The minimum atomic E-state index is -0.221. The van der Waals surface area contributed by atoms with Gasteiger partial charge in [0.15, 0.2) is 0 Å². The van der Waals surface area contributed by atoms with Gasteiger partial charge in [-0.1, -0.05) is 72.3 Å². The van der Waals surface area contributed by atoms with Crippen molar-refractivity contribution in [1.29, 1.82) is 0 Å². The molecule has 0 atom stereocenters. The maximum Gasteiger partial charge on any atom is 0.234 e. The van der Waals surface area contributed by atoms with Crippen LogP contribution in [0.25, 0.3) is 0 Å². The Labute approximate surface area is 156 Å². The predicted molar refractivity (Wildman–Crippen MR) is 107 cm³/mol. The van der Waals surface area contributed by atoms with Crippen molar-refractivity contribution in [2.45, 2.75) is 19.8 Å². The smallest absolute Gasteiger partial charge is 0.234 e. The second-order valence-corrected chi connectivity index (χ2v) is 7.16. The second-order valence-electron chi connectivity index (χ2n) is 7.16. The van der Waals surface area contributed by atoms with Crippen LogP contribution in [0.5, 0.6) is 0 Å². The van der Waals surface area contributed by atoms with Gasteiger partial charge in [-0.25, -0.2) is 0 Å². The monoisotopic (exact) mass is 348 g/mol. The lowest BCUT2D eigenvalue weighted by molar-refractivity contribution is -0.133. The quantitative estimate of drug-likeness (QED) is 0.765. The highest BCUT2D eigenvalue weighted by Crippen LogP contribution is 2.27. The van der Waals surface area contributed by atoms with Crippen molar-refractivity contribution in [2.24, 2.45) is 0 Å². The molecule has 3 heteroatoms. The maximum atomic E-state index is 13.4. The molecule has 26 heavy (non-hydrogen) atoms. The summed E-state index contributed by atoms with van der Waals surface area (Å²) in [6.07, 6.45) is 2.26. The van der Waals surface area contributed by atoms with E-state index in [0.717, 1.165) is 43.9 Å². The highest BCUT2D eigenvalue weighted by Gasteiger charge is 2.29. The lowest BCUT2D eigenvalue weighted by atomic mass is 9.90. The minimum absolute atomic E-state index is 0.212. The third kappa shape index (κ3) is 4.61. The normalized spacial score (nSPS) is 15.1. The lowest BCUT2D eigenvalue weighted by Crippen LogP contribution is -2.50. The largest absolute Gasteiger partial charge is 0.339 e. The fourth-order valence-electron chi connectivity index (χ4n) is 3.41. The third-order valence-corrected chi connectivity index (χ3v) is 4.95. The number of rotatable bonds is 5. The van der Waals surface area contributed by atoms with Crippen LogP contribution >= 0.6 is 0 Å². The van der Waals surface area contributed by atoms with Gasteiger partial charge < -0.3 is 4.90 Å². The van der Waals surface area contributed by atoms with E-state index in [1.165, 1.54) is 5.57 Å². The Balaban J connectivity index is 1.74. The second kappa shape index (κ2) is 8.81. The molecule has 1 aliphatic heterocycles. The standard InChI is InChI=1S/C23H28N2O/c1-19(2)13-14-24-15-17-25(18-16-24)23(26)22(20-9-5-3-6-10-20)21-11-7-4-8-12-21/h3-13,22H,14-18H2,1-2H3. The Morgan fingerprint density at radius 1 is 0.885 bits per heavy atom. The Hall–Kier alpha value is -2.39. The van der Waals surface area contributed by atoms with Crippen molar-refractivity contribution in [3.05, 3.63) is 83.4 Å². The summed E-state index contributed by atoms with van der Waals surface area (Å²) in [6.45, 7) is 8.70. The van der Waals surface area contributed by atoms with Crippen LogP contribution in [0.15, 0.2) is 72.3 Å². The summed E-state index contributed by atoms with van der Waals surface area (Å²) < 4.78 is 0. The summed E-state index contributed by atoms with van der Waals surface area (Å²) >= 11 is 0. The summed E-state index contributed by atoms with van der Waals surface area (Å²) in [5, 5.41) is 0. The molecule has 1 saturated heterocycles. The topological polar surface area (TPSA) is 23.6 Å². The van der Waals surface area contributed by atoms with Crippen LogP contribution in [0.4, 0.5) is 0 Å². The van der Waals surface area contributed by atoms with Crippen molar-refractivity contribution in [3.63, 3.8) is 0 Å². The Morgan fingerprint density at radius 3 is 1.85 bits per heavy atom. The Kier molecular flexibility index (Phi) is 6.24. The molecule has 1 amide bonds. The van der Waals surface area contributed by atoms with Gasteiger partial charge in [-0.3, -0.25) is 9.69 Å². The van der Waals surface area contributed by atoms with Gasteiger partial charge >= 0.3 is 0 Å². The molecule has 0 N–H and O–H groups in total. The van der Waals surface area contributed by atoms with E-state index in [1.807, 2.05) is 41.3 Å². The number of amides is 1. The van der Waals surface area contributed by atoms with E-state index in [4.69, 9.17) is 0 Å². The van der Waals surface area contributed by atoms with E-state index in [1.54, 1.807) is 0 Å². The molecule has 0 aliphatic carbocycles. The first-order valence-electron chi connectivity index (χ1n) is 9.39. The molecular formula is C23H28N2O. The summed E-state index contributed by atoms with van der Waals surface area (Å²) in [6, 6.07) is 20.3. The molecule has 0 radical (unpaired) electrons. The highest BCUT2D eigenvalue weighted by molar-refractivity contribution is 5.87. The maximum absolute atomic E-state index is 13.4. The molecule has 2 aromatic rings. The van der Waals surface area contributed by atoms with E-state index in [2.05, 4.69) is 49.1 Å². The van der Waals surface area contributed by atoms with E-state index in [9.17, 15) is 4.79 Å². The lowest BCUT2D eigenvalue weighted by Gasteiger charge is -2.36. The first-order chi connectivity index (χ1) is 12.6. The average Bonchev–Trinajstić information content (AvgIpc) is 2.68. The van der Waals surface area contributed by atoms with Crippen molar-refractivity contribution in [3.8, 4) is 0 Å². The zero-order chi connectivity index (χ0) is 18.4. The molecule has 3 rings (SSSR count). The van der Waals surface area contributed by atoms with Gasteiger partial charge in [-0.05, 0) is 25.0 Å². The van der Waals surface area contributed by atoms with Crippen molar-refractivity contribution < 1.29 is 4.79 Å². The molecule has 1 aliphatic rings. The average molecular weight is 348 g/mol. The molecule has 3 nitrogen and oxygen atoms in total. The van der Waals surface area contributed by atoms with E-state index in [0.29, 0.717) is 0 Å². The third-order valence-electron chi connectivity index (χ3n) is 4.95. The number of nitrogens with zero attached hydrogens (tertiary/aromatic N) is 2. The van der Waals surface area contributed by atoms with Gasteiger partial charge in [-0.15, -0.1) is 0 Å². The first kappa shape index (κ1) is 18.4. The molecule has 1 heterocycles. The number of piperazine rings is 1. The van der Waals surface area contributed by atoms with Gasteiger partial charge in [0.05, 0.1) is 5.92 Å². The number of allylic oxidation sites excluding steroid dienone is 1. The van der Waals surface area contributed by atoms with Crippen LogP contribution < -0.4 is 0 Å². The van der Waals surface area contributed by atoms with Crippen molar-refractivity contribution >= 4 is 5.91 Å². The molecule has 2 aromatic carbocycles. The number of carbonyl (C=O) groups is 1. The van der Waals surface area contributed by atoms with Crippen molar-refractivity contribution in [2.75, 3.05) is 32.7 Å². The summed E-state index contributed by atoms with van der Waals surface area (Å²) in [7, 11) is 0. The van der Waals surface area contributed by atoms with Crippen LogP contribution in [0.2, 0.25) is 0 Å². The number of hydrogen-bond donors (Lipinski definition) is 0. The Bertz CT molecular complexity index is 688. The Morgan fingerprint density at radius 2 is 1.38 bits per heavy atom. The number of benzene rings is 2. The zero-order valence-corrected chi connectivity index (χ0v) is 15.8. The molecule has 0 spiro atoms. The van der Waals surface area contributed by atoms with E-state index >= 15 is 0 Å². The van der Waals surface area contributed by atoms with Gasteiger partial charge in [0.25, 0.3) is 0 Å². The van der Waals surface area contributed by atoms with Crippen LogP contribution in [0.3, 0.4) is 0 Å². The fourth-order valence-corrected chi connectivity index (χ4v) is 3.41. The molecule has 0 saturated carbocycles. The number of hydrogen-bond acceptors (Lipinski definition) is 2. The molecule has 136 valence electrons. The molecule has 0 aromatic heterocycles. The molecule has 0 bridgehead atoms. The van der Waals surface area contributed by atoms with Crippen LogP contribution in [0.1, 0.15) is 30.9 Å². The van der Waals surface area contributed by atoms with Crippen molar-refractivity contribution in [1.82, 2.24) is 9.80 Å². The SMILES string of the molecule is CC(C)=CCN1CCN(C(=O)C(c2ccccc2)c2ccccc2)CC1. The first-order valence-corrected chi connectivity index (χ1v) is 9.39. The van der Waals surface area contributed by atoms with Gasteiger partial charge in [0.1, 0.15) is 0 Å². The summed E-state index contributed by atoms with van der Waals surface area (Å²) in [5.41, 5.74) is 3.48. The predicted octanol–water partition coefficient (Wildman–Crippen LogP) is 3.93. The summed E-state index contributed by atoms with van der Waals surface area (Å²) in [4.78, 5) is 17.8. The van der Waals surface area contributed by atoms with E-state index in [-0.39, 0.29) is 11.8 Å². The molecule has 0 unspecified atom stereocenters. The van der Waals surface area contributed by atoms with Crippen LogP contribution in [-0.2, 0) is 4.79 Å². The fraction of sp³-hybridized carbons (Fsp3) is 0.348.